The van der Waals surface area contributed by atoms with Crippen LogP contribution in [0.3, 0.4) is 0 Å². The molecule has 2 fully saturated rings. The minimum absolute atomic E-state index is 0.0861. The number of fused-ring (bicyclic) bond motifs is 4. The van der Waals surface area contributed by atoms with Gasteiger partial charge in [0.2, 0.25) is 5.91 Å². The lowest BCUT2D eigenvalue weighted by atomic mass is 9.93. The number of hydrogen-bond donors (Lipinski definition) is 2. The largest absolute Gasteiger partial charge is 0.414 e. The quantitative estimate of drug-likeness (QED) is 0.0769. The van der Waals surface area contributed by atoms with E-state index >= 15 is 0 Å². The number of hydrazine groups is 1. The zero-order valence-electron chi connectivity index (χ0n) is 46.0. The Morgan fingerprint density at radius 3 is 1.72 bits per heavy atom. The second kappa shape index (κ2) is 20.9. The second-order valence-corrected chi connectivity index (χ2v) is 36.8. The number of nitrogens with zero attached hydrogens (tertiary/aromatic N) is 8. The molecule has 1 amide bonds. The average molecular weight is 1100 g/mol. The molecule has 0 aliphatic heterocycles. The van der Waals surface area contributed by atoms with E-state index in [1.807, 2.05) is 18.2 Å². The van der Waals surface area contributed by atoms with Crippen molar-refractivity contribution >= 4 is 76.4 Å². The summed E-state index contributed by atoms with van der Waals surface area (Å²) in [5.74, 6) is 1.79. The van der Waals surface area contributed by atoms with E-state index in [2.05, 4.69) is 118 Å². The lowest BCUT2D eigenvalue weighted by Crippen LogP contribution is -2.43. The predicted molar refractivity (Wildman–Crippen MR) is 299 cm³/mol. The maximum Gasteiger partial charge on any atom is 0.269 e. The van der Waals surface area contributed by atoms with E-state index < -0.39 is 36.7 Å². The highest BCUT2D eigenvalue weighted by atomic mass is 32.2. The first-order valence-corrected chi connectivity index (χ1v) is 34.9. The molecule has 2 saturated carbocycles. The minimum atomic E-state index is -3.81. The molecular weight excluding hydrogens is 1020 g/mol. The Morgan fingerprint density at radius 1 is 0.667 bits per heavy atom. The zero-order chi connectivity index (χ0) is 54.6. The maximum atomic E-state index is 13.5. The van der Waals surface area contributed by atoms with E-state index in [4.69, 9.17) is 8.85 Å². The van der Waals surface area contributed by atoms with Crippen molar-refractivity contribution in [3.05, 3.63) is 102 Å². The molecule has 75 heavy (non-hydrogen) atoms. The van der Waals surface area contributed by atoms with Crippen LogP contribution in [-0.2, 0) is 33.7 Å². The summed E-state index contributed by atoms with van der Waals surface area (Å²) < 4.78 is 70.9. The van der Waals surface area contributed by atoms with Gasteiger partial charge in [-0.15, -0.1) is 10.2 Å². The number of carbonyl (C=O) groups excluding carboxylic acids is 1. The molecule has 2 N–H and O–H groups in total. The number of anilines is 1. The fourth-order valence-electron chi connectivity index (χ4n) is 9.96. The summed E-state index contributed by atoms with van der Waals surface area (Å²) in [7, 11) is -11.4. The zero-order valence-corrected chi connectivity index (χ0v) is 49.7. The third-order valence-corrected chi connectivity index (χ3v) is 28.9. The Kier molecular flexibility index (Phi) is 15.6. The number of nitrogens with one attached hydrogen (secondary N) is 2. The van der Waals surface area contributed by atoms with Gasteiger partial charge in [-0.05, 0) is 124 Å². The van der Waals surface area contributed by atoms with Crippen molar-refractivity contribution in [1.82, 2.24) is 42.9 Å². The van der Waals surface area contributed by atoms with E-state index in [0.717, 1.165) is 53.0 Å². The summed E-state index contributed by atoms with van der Waals surface area (Å²) >= 11 is 0. The lowest BCUT2D eigenvalue weighted by molar-refractivity contribution is -0.125. The van der Waals surface area contributed by atoms with Gasteiger partial charge in [0.05, 0.1) is 27.7 Å². The third-order valence-electron chi connectivity index (χ3n) is 16.4. The molecule has 0 bridgehead atoms. The summed E-state index contributed by atoms with van der Waals surface area (Å²) in [6.07, 6.45) is 11.7. The summed E-state index contributed by atoms with van der Waals surface area (Å²) in [5, 5.41) is 9.30. The summed E-state index contributed by atoms with van der Waals surface area (Å²) in [4.78, 5) is 26.8. The van der Waals surface area contributed by atoms with Gasteiger partial charge in [-0.1, -0.05) is 104 Å². The van der Waals surface area contributed by atoms with E-state index in [9.17, 15) is 21.6 Å². The minimum Gasteiger partial charge on any atom is -0.414 e. The molecule has 0 spiro atoms. The van der Waals surface area contributed by atoms with Crippen molar-refractivity contribution in [2.45, 2.75) is 172 Å². The highest BCUT2D eigenvalue weighted by Crippen LogP contribution is 2.47. The van der Waals surface area contributed by atoms with Crippen LogP contribution < -0.4 is 10.9 Å². The lowest BCUT2D eigenvalue weighted by Gasteiger charge is -2.38. The molecule has 6 unspecified atom stereocenters. The van der Waals surface area contributed by atoms with Crippen LogP contribution in [0, 0.1) is 31.6 Å². The Labute approximate surface area is 445 Å². The van der Waals surface area contributed by atoms with Gasteiger partial charge in [-0.25, -0.2) is 39.7 Å². The van der Waals surface area contributed by atoms with Gasteiger partial charge in [-0.2, -0.15) is 0 Å². The number of benzene rings is 2. The van der Waals surface area contributed by atoms with Gasteiger partial charge >= 0.3 is 0 Å². The number of rotatable bonds is 14. The summed E-state index contributed by atoms with van der Waals surface area (Å²) in [6.45, 7) is 30.8. The van der Waals surface area contributed by atoms with Crippen LogP contribution in [0.25, 0.3) is 28.0 Å². The number of amides is 1. The number of carbonyl (C=O) groups is 1. The standard InChI is InChI=1S/C27H39N5O4SSi.C27H37N5O3SSi/c1-8-19-15-20(36-38(6,7)27(3,4)5)16-22(19)26(33)31-30-24-17-28-25-23(29-24)13-14-32(25)37(34,35)21-11-9-18(2)10-12-21;1-8-19-15-20(35-37(6,7)27(3,4)5)16-22(19)25-30-29-24-17-28-26-23(32(24)25)13-14-31(26)36(33,34)21-11-9-18(2)10-12-21/h9-14,17,19-20,22H,8,15-16H2,1-7H3,(H,29,30)(H,31,33);9-14,17,19-20,22H,8,15-16H2,1-7H3. The molecule has 5 heterocycles. The molecule has 17 nitrogen and oxygen atoms in total. The van der Waals surface area contributed by atoms with Crippen molar-refractivity contribution < 1.29 is 30.5 Å². The van der Waals surface area contributed by atoms with E-state index in [1.54, 1.807) is 73.1 Å². The molecule has 0 saturated heterocycles. The van der Waals surface area contributed by atoms with E-state index in [-0.39, 0.29) is 61.4 Å². The van der Waals surface area contributed by atoms with Gasteiger partial charge in [0, 0.05) is 36.4 Å². The SMILES string of the molecule is CCC1CC(O[Si](C)(C)C(C)(C)C)CC1C(=O)NNc1cnc2c(ccn2S(=O)(=O)c2ccc(C)cc2)n1.CCC1CC(O[Si](C)(C)C(C)(C)C)CC1c1nnc2cnc3c(ccn3S(=O)(=O)c3ccc(C)cc3)n12. The molecule has 404 valence electrons. The first kappa shape index (κ1) is 55.9. The highest BCUT2D eigenvalue weighted by molar-refractivity contribution is 7.90. The smallest absolute Gasteiger partial charge is 0.269 e. The van der Waals surface area contributed by atoms with Crippen molar-refractivity contribution in [3.8, 4) is 0 Å². The van der Waals surface area contributed by atoms with Crippen LogP contribution in [0.2, 0.25) is 36.3 Å². The number of aryl methyl sites for hydroxylation is 2. The van der Waals surface area contributed by atoms with E-state index in [0.29, 0.717) is 40.5 Å². The Balaban J connectivity index is 0.000000199. The van der Waals surface area contributed by atoms with Gasteiger partial charge in [0.15, 0.2) is 39.4 Å². The molecule has 5 aromatic heterocycles. The van der Waals surface area contributed by atoms with E-state index in [1.165, 1.54) is 16.4 Å². The van der Waals surface area contributed by atoms with Crippen LogP contribution >= 0.6 is 0 Å². The predicted octanol–water partition coefficient (Wildman–Crippen LogP) is 11.2. The molecule has 2 aliphatic carbocycles. The number of hydrogen-bond acceptors (Lipinski definition) is 13. The van der Waals surface area contributed by atoms with Crippen molar-refractivity contribution in [2.75, 3.05) is 5.43 Å². The van der Waals surface area contributed by atoms with Crippen molar-refractivity contribution in [1.29, 1.82) is 0 Å². The fraction of sp³-hybridized carbons (Fsp3) is 0.519. The van der Waals surface area contributed by atoms with Gasteiger partial charge in [0.25, 0.3) is 20.0 Å². The van der Waals surface area contributed by atoms with Gasteiger partial charge in [0.1, 0.15) is 11.3 Å². The van der Waals surface area contributed by atoms with Crippen molar-refractivity contribution in [2.24, 2.45) is 17.8 Å². The van der Waals surface area contributed by atoms with Crippen LogP contribution in [0.4, 0.5) is 5.82 Å². The first-order valence-electron chi connectivity index (χ1n) is 26.2. The summed E-state index contributed by atoms with van der Waals surface area (Å²) in [6, 6.07) is 16.9. The fourth-order valence-corrected chi connectivity index (χ4v) is 15.3. The second-order valence-electron chi connectivity index (χ2n) is 23.6. The van der Waals surface area contributed by atoms with Crippen LogP contribution in [0.1, 0.15) is 117 Å². The average Bonchev–Trinajstić information content (AvgIpc) is 4.19. The maximum absolute atomic E-state index is 13.5. The van der Waals surface area contributed by atoms with Crippen LogP contribution in [0.5, 0.6) is 0 Å². The first-order chi connectivity index (χ1) is 35.1. The molecule has 2 aliphatic rings. The Hall–Kier alpha value is -5.33. The highest BCUT2D eigenvalue weighted by Gasteiger charge is 2.46. The molecule has 2 aromatic carbocycles. The summed E-state index contributed by atoms with van der Waals surface area (Å²) in [5.41, 5.74) is 9.93. The Bertz CT molecular complexity index is 3420. The normalized spacial score (nSPS) is 20.9. The molecular formula is C54H76N10O7S2Si2. The third kappa shape index (κ3) is 11.3. The monoisotopic (exact) mass is 1100 g/mol. The van der Waals surface area contributed by atoms with Gasteiger partial charge < -0.3 is 8.85 Å². The van der Waals surface area contributed by atoms with Crippen LogP contribution in [0.15, 0.2) is 95.2 Å². The number of aromatic nitrogens is 8. The molecule has 9 rings (SSSR count). The molecule has 7 aromatic rings. The molecule has 6 atom stereocenters. The van der Waals surface area contributed by atoms with Crippen LogP contribution in [-0.4, -0.2) is 89.1 Å². The molecule has 21 heteroatoms. The topological polar surface area (TPSA) is 207 Å². The molecule has 0 radical (unpaired) electrons. The van der Waals surface area contributed by atoms with Gasteiger partial charge in [-0.3, -0.25) is 20.0 Å². The van der Waals surface area contributed by atoms with Crippen molar-refractivity contribution in [3.63, 3.8) is 0 Å². The Morgan fingerprint density at radius 2 is 1.17 bits per heavy atom.